The van der Waals surface area contributed by atoms with Crippen molar-refractivity contribution < 1.29 is 8.42 Å². The van der Waals surface area contributed by atoms with E-state index in [0.717, 1.165) is 32.5 Å². The highest BCUT2D eigenvalue weighted by Crippen LogP contribution is 2.24. The van der Waals surface area contributed by atoms with Gasteiger partial charge in [0.2, 0.25) is 10.0 Å². The molecule has 1 aliphatic rings. The summed E-state index contributed by atoms with van der Waals surface area (Å²) in [5.41, 5.74) is 1.39. The lowest BCUT2D eigenvalue weighted by Gasteiger charge is -2.32. The van der Waals surface area contributed by atoms with E-state index in [1.165, 1.54) is 10.5 Å². The molecule has 1 N–H and O–H groups in total. The number of nitrogens with zero attached hydrogens (tertiary/aromatic N) is 1. The Morgan fingerprint density at radius 1 is 1.25 bits per heavy atom. The molecule has 1 saturated heterocycles. The summed E-state index contributed by atoms with van der Waals surface area (Å²) in [6.07, 6.45) is 4.24. The number of benzene rings is 1. The van der Waals surface area contributed by atoms with Gasteiger partial charge >= 0.3 is 0 Å². The van der Waals surface area contributed by atoms with Gasteiger partial charge in [-0.25, -0.2) is 13.1 Å². The monoisotopic (exact) mass is 370 g/mol. The highest BCUT2D eigenvalue weighted by molar-refractivity contribution is 7.98. The van der Waals surface area contributed by atoms with Gasteiger partial charge in [-0.05, 0) is 55.7 Å². The zero-order valence-electron chi connectivity index (χ0n) is 15.0. The van der Waals surface area contributed by atoms with Crippen LogP contribution in [0.3, 0.4) is 0 Å². The lowest BCUT2D eigenvalue weighted by molar-refractivity contribution is 0.177. The number of sulfonamides is 1. The lowest BCUT2D eigenvalue weighted by atomic mass is 9.97. The minimum Gasteiger partial charge on any atom is -0.299 e. The molecule has 2 rings (SSSR count). The number of hydrogen-bond donors (Lipinski definition) is 1. The molecule has 1 aromatic carbocycles. The molecule has 0 aliphatic carbocycles. The third kappa shape index (κ3) is 6.39. The molecular formula is C18H30N2O2S2. The second-order valence-corrected chi connectivity index (χ2v) is 9.75. The van der Waals surface area contributed by atoms with Crippen LogP contribution in [0.25, 0.3) is 0 Å². The number of hydrogen-bond acceptors (Lipinski definition) is 4. The second-order valence-electron chi connectivity index (χ2n) is 7.06. The summed E-state index contributed by atoms with van der Waals surface area (Å²) in [7, 11) is -3.12. The van der Waals surface area contributed by atoms with Crippen LogP contribution >= 0.6 is 11.8 Å². The van der Waals surface area contributed by atoms with E-state index in [4.69, 9.17) is 0 Å². The minimum absolute atomic E-state index is 0.167. The third-order valence-electron chi connectivity index (χ3n) is 4.44. The Labute approximate surface area is 151 Å². The van der Waals surface area contributed by atoms with Gasteiger partial charge in [-0.1, -0.05) is 32.0 Å². The van der Waals surface area contributed by atoms with Gasteiger partial charge in [0.1, 0.15) is 0 Å². The first-order valence-electron chi connectivity index (χ1n) is 8.71. The zero-order valence-corrected chi connectivity index (χ0v) is 16.6. The number of likely N-dealkylation sites (tertiary alicyclic amines) is 1. The van der Waals surface area contributed by atoms with E-state index in [2.05, 4.69) is 40.1 Å². The van der Waals surface area contributed by atoms with Crippen molar-refractivity contribution in [1.82, 2.24) is 9.62 Å². The third-order valence-corrected chi connectivity index (χ3v) is 6.99. The maximum atomic E-state index is 11.9. The number of thioether (sulfide) groups is 1. The van der Waals surface area contributed by atoms with Crippen LogP contribution < -0.4 is 4.72 Å². The highest BCUT2D eigenvalue weighted by Gasteiger charge is 2.22. The average molecular weight is 371 g/mol. The molecule has 1 heterocycles. The molecule has 0 aromatic heterocycles. The van der Waals surface area contributed by atoms with Gasteiger partial charge < -0.3 is 0 Å². The topological polar surface area (TPSA) is 49.4 Å². The van der Waals surface area contributed by atoms with Crippen molar-refractivity contribution in [3.05, 3.63) is 29.8 Å². The van der Waals surface area contributed by atoms with Crippen molar-refractivity contribution in [2.75, 3.05) is 31.6 Å². The normalized spacial score (nSPS) is 17.5. The van der Waals surface area contributed by atoms with Crippen LogP contribution in [0.15, 0.2) is 29.2 Å². The fourth-order valence-corrected chi connectivity index (χ4v) is 5.26. The molecule has 0 spiro atoms. The molecule has 0 unspecified atom stereocenters. The van der Waals surface area contributed by atoms with E-state index in [0.29, 0.717) is 12.5 Å². The first-order valence-corrected chi connectivity index (χ1v) is 11.6. The van der Waals surface area contributed by atoms with Crippen LogP contribution in [0, 0.1) is 11.8 Å². The van der Waals surface area contributed by atoms with Gasteiger partial charge in [-0.3, -0.25) is 4.90 Å². The summed E-state index contributed by atoms with van der Waals surface area (Å²) in [5, 5.41) is 0. The maximum Gasteiger partial charge on any atom is 0.211 e. The predicted octanol–water partition coefficient (Wildman–Crippen LogP) is 3.20. The molecule has 0 bridgehead atoms. The second kappa shape index (κ2) is 9.22. The molecule has 24 heavy (non-hydrogen) atoms. The van der Waals surface area contributed by atoms with Crippen LogP contribution in [0.2, 0.25) is 0 Å². The van der Waals surface area contributed by atoms with Crippen molar-refractivity contribution in [2.24, 2.45) is 11.8 Å². The van der Waals surface area contributed by atoms with Crippen LogP contribution in [0.1, 0.15) is 32.3 Å². The number of nitrogens with one attached hydrogen (secondary N) is 1. The lowest BCUT2D eigenvalue weighted by Crippen LogP contribution is -2.39. The fourth-order valence-electron chi connectivity index (χ4n) is 3.17. The Hall–Kier alpha value is -0.560. The molecular weight excluding hydrogens is 340 g/mol. The molecule has 0 atom stereocenters. The Morgan fingerprint density at radius 2 is 1.92 bits per heavy atom. The average Bonchev–Trinajstić information content (AvgIpc) is 2.53. The van der Waals surface area contributed by atoms with Crippen molar-refractivity contribution in [2.45, 2.75) is 38.1 Å². The summed E-state index contributed by atoms with van der Waals surface area (Å²) in [6, 6.07) is 8.57. The molecule has 1 fully saturated rings. The number of rotatable bonds is 8. The molecule has 1 aliphatic heterocycles. The SMILES string of the molecule is CSc1ccccc1CN1CCC(CNS(=O)(=O)CC(C)C)CC1. The zero-order chi connectivity index (χ0) is 17.6. The molecule has 6 heteroatoms. The Bertz CT molecular complexity index is 609. The van der Waals surface area contributed by atoms with Crippen LogP contribution in [-0.4, -0.2) is 45.0 Å². The van der Waals surface area contributed by atoms with Crippen molar-refractivity contribution in [1.29, 1.82) is 0 Å². The standard InChI is InChI=1S/C18H30N2O2S2/c1-15(2)14-24(21,22)19-12-16-8-10-20(11-9-16)13-17-6-4-5-7-18(17)23-3/h4-7,15-16,19H,8-14H2,1-3H3. The van der Waals surface area contributed by atoms with Crippen molar-refractivity contribution in [3.63, 3.8) is 0 Å². The van der Waals surface area contributed by atoms with Gasteiger partial charge in [-0.2, -0.15) is 0 Å². The van der Waals surface area contributed by atoms with Gasteiger partial charge in [0.05, 0.1) is 5.75 Å². The summed E-state index contributed by atoms with van der Waals surface area (Å²) < 4.78 is 26.7. The van der Waals surface area contributed by atoms with E-state index in [1.807, 2.05) is 13.8 Å². The first kappa shape index (κ1) is 19.8. The van der Waals surface area contributed by atoms with Crippen molar-refractivity contribution in [3.8, 4) is 0 Å². The van der Waals surface area contributed by atoms with E-state index >= 15 is 0 Å². The number of piperidine rings is 1. The highest BCUT2D eigenvalue weighted by atomic mass is 32.2. The molecule has 0 saturated carbocycles. The summed E-state index contributed by atoms with van der Waals surface area (Å²) >= 11 is 1.80. The first-order chi connectivity index (χ1) is 11.4. The van der Waals surface area contributed by atoms with E-state index in [9.17, 15) is 8.42 Å². The van der Waals surface area contributed by atoms with E-state index in [-0.39, 0.29) is 11.7 Å². The van der Waals surface area contributed by atoms with Gasteiger partial charge in [0, 0.05) is 18.0 Å². The summed E-state index contributed by atoms with van der Waals surface area (Å²) in [5.74, 6) is 0.844. The Morgan fingerprint density at radius 3 is 2.54 bits per heavy atom. The quantitative estimate of drug-likeness (QED) is 0.714. The van der Waals surface area contributed by atoms with Crippen LogP contribution in [-0.2, 0) is 16.6 Å². The molecule has 0 amide bonds. The van der Waals surface area contributed by atoms with Crippen LogP contribution in [0.4, 0.5) is 0 Å². The molecule has 136 valence electrons. The Kier molecular flexibility index (Phi) is 7.60. The molecule has 4 nitrogen and oxygen atoms in total. The predicted molar refractivity (Wildman–Crippen MR) is 103 cm³/mol. The van der Waals surface area contributed by atoms with Gasteiger partial charge in [0.15, 0.2) is 0 Å². The van der Waals surface area contributed by atoms with Crippen LogP contribution in [0.5, 0.6) is 0 Å². The fraction of sp³-hybridized carbons (Fsp3) is 0.667. The molecule has 0 radical (unpaired) electrons. The summed E-state index contributed by atoms with van der Waals surface area (Å²) in [6.45, 7) is 7.53. The van der Waals surface area contributed by atoms with Gasteiger partial charge in [0.25, 0.3) is 0 Å². The van der Waals surface area contributed by atoms with Crippen molar-refractivity contribution >= 4 is 21.8 Å². The Balaban J connectivity index is 1.77. The van der Waals surface area contributed by atoms with Gasteiger partial charge in [-0.15, -0.1) is 11.8 Å². The summed E-state index contributed by atoms with van der Waals surface area (Å²) in [4.78, 5) is 3.83. The molecule has 1 aromatic rings. The van der Waals surface area contributed by atoms with E-state index in [1.54, 1.807) is 11.8 Å². The largest absolute Gasteiger partial charge is 0.299 e. The van der Waals surface area contributed by atoms with E-state index < -0.39 is 10.0 Å². The minimum atomic E-state index is -3.12. The maximum absolute atomic E-state index is 11.9. The smallest absolute Gasteiger partial charge is 0.211 e.